The molecule has 3 aromatic carbocycles. The quantitative estimate of drug-likeness (QED) is 0.402. The van der Waals surface area contributed by atoms with E-state index in [-0.39, 0.29) is 23.2 Å². The molecule has 4 rings (SSSR count). The molecule has 1 amide bonds. The number of nitrogens with one attached hydrogen (secondary N) is 2. The lowest BCUT2D eigenvalue weighted by molar-refractivity contribution is 0.0946. The normalized spacial score (nSPS) is 11.2. The Balaban J connectivity index is 1.39. The maximum absolute atomic E-state index is 12.5. The predicted octanol–water partition coefficient (Wildman–Crippen LogP) is 4.43. The topological polar surface area (TPSA) is 114 Å². The monoisotopic (exact) mass is 482 g/mol. The van der Waals surface area contributed by atoms with Gasteiger partial charge in [-0.25, -0.2) is 8.42 Å². The van der Waals surface area contributed by atoms with Crippen LogP contribution in [0.1, 0.15) is 21.8 Å². The molecule has 0 unspecified atom stereocenters. The lowest BCUT2D eigenvalue weighted by Gasteiger charge is -2.08. The highest BCUT2D eigenvalue weighted by molar-refractivity contribution is 7.92. The van der Waals surface area contributed by atoms with Gasteiger partial charge in [0.1, 0.15) is 0 Å². The van der Waals surface area contributed by atoms with Crippen molar-refractivity contribution >= 4 is 33.2 Å². The Labute approximate surface area is 195 Å². The molecule has 0 saturated heterocycles. The third-order valence-electron chi connectivity index (χ3n) is 4.70. The van der Waals surface area contributed by atoms with Crippen LogP contribution in [0.5, 0.6) is 0 Å². The van der Waals surface area contributed by atoms with Crippen LogP contribution in [-0.2, 0) is 16.6 Å². The zero-order valence-corrected chi connectivity index (χ0v) is 19.0. The van der Waals surface area contributed by atoms with Gasteiger partial charge < -0.3 is 9.84 Å². The number of halogens is 1. The number of anilines is 1. The SMILES string of the molecule is Cc1ccc(C(=O)NCc2nc(-c3ccc(NS(=O)(=O)c4ccc(Cl)cc4)cc3)no2)cc1. The van der Waals surface area contributed by atoms with Gasteiger partial charge in [0, 0.05) is 21.8 Å². The van der Waals surface area contributed by atoms with Crippen molar-refractivity contribution in [3.63, 3.8) is 0 Å². The van der Waals surface area contributed by atoms with Gasteiger partial charge in [0.2, 0.25) is 11.7 Å². The molecule has 0 aliphatic rings. The van der Waals surface area contributed by atoms with Crippen LogP contribution in [0.3, 0.4) is 0 Å². The van der Waals surface area contributed by atoms with Crippen molar-refractivity contribution in [2.24, 2.45) is 0 Å². The summed E-state index contributed by atoms with van der Waals surface area (Å²) in [6, 6.07) is 19.6. The van der Waals surface area contributed by atoms with Gasteiger partial charge in [0.25, 0.3) is 15.9 Å². The Morgan fingerprint density at radius 3 is 2.30 bits per heavy atom. The lowest BCUT2D eigenvalue weighted by atomic mass is 10.1. The van der Waals surface area contributed by atoms with Gasteiger partial charge in [-0.1, -0.05) is 34.5 Å². The first-order valence-corrected chi connectivity index (χ1v) is 11.7. The van der Waals surface area contributed by atoms with Gasteiger partial charge in [-0.2, -0.15) is 4.98 Å². The van der Waals surface area contributed by atoms with Crippen molar-refractivity contribution in [3.8, 4) is 11.4 Å². The second-order valence-electron chi connectivity index (χ2n) is 7.20. The summed E-state index contributed by atoms with van der Waals surface area (Å²) in [5.74, 6) is 0.326. The Bertz CT molecular complexity index is 1370. The highest BCUT2D eigenvalue weighted by Crippen LogP contribution is 2.22. The van der Waals surface area contributed by atoms with Crippen LogP contribution < -0.4 is 10.0 Å². The second-order valence-corrected chi connectivity index (χ2v) is 9.32. The minimum Gasteiger partial charge on any atom is -0.343 e. The smallest absolute Gasteiger partial charge is 0.261 e. The molecule has 0 fully saturated rings. The van der Waals surface area contributed by atoms with Crippen LogP contribution >= 0.6 is 11.6 Å². The number of sulfonamides is 1. The minimum absolute atomic E-state index is 0.0820. The van der Waals surface area contributed by atoms with Crippen LogP contribution in [0.25, 0.3) is 11.4 Å². The first kappa shape index (κ1) is 22.5. The molecule has 1 heterocycles. The Hall–Kier alpha value is -3.69. The molecule has 0 atom stereocenters. The van der Waals surface area contributed by atoms with Gasteiger partial charge in [-0.05, 0) is 67.6 Å². The largest absolute Gasteiger partial charge is 0.343 e. The molecule has 168 valence electrons. The highest BCUT2D eigenvalue weighted by Gasteiger charge is 2.15. The lowest BCUT2D eigenvalue weighted by Crippen LogP contribution is -2.22. The van der Waals surface area contributed by atoms with E-state index < -0.39 is 10.0 Å². The number of carbonyl (C=O) groups excluding carboxylic acids is 1. The molecule has 0 radical (unpaired) electrons. The molecular formula is C23H19ClN4O4S. The molecule has 10 heteroatoms. The summed E-state index contributed by atoms with van der Waals surface area (Å²) in [6.07, 6.45) is 0. The zero-order valence-electron chi connectivity index (χ0n) is 17.4. The number of rotatable bonds is 7. The fourth-order valence-corrected chi connectivity index (χ4v) is 4.11. The summed E-state index contributed by atoms with van der Waals surface area (Å²) in [4.78, 5) is 16.6. The average Bonchev–Trinajstić information content (AvgIpc) is 3.27. The summed E-state index contributed by atoms with van der Waals surface area (Å²) in [5.41, 5.74) is 2.61. The maximum Gasteiger partial charge on any atom is 0.261 e. The van der Waals surface area contributed by atoms with E-state index in [1.807, 2.05) is 19.1 Å². The number of hydrogen-bond acceptors (Lipinski definition) is 6. The van der Waals surface area contributed by atoms with Crippen molar-refractivity contribution in [1.82, 2.24) is 15.5 Å². The number of hydrogen-bond donors (Lipinski definition) is 2. The fraction of sp³-hybridized carbons (Fsp3) is 0.0870. The van der Waals surface area contributed by atoms with Gasteiger partial charge in [0.05, 0.1) is 11.4 Å². The van der Waals surface area contributed by atoms with E-state index in [0.717, 1.165) is 5.56 Å². The van der Waals surface area contributed by atoms with Crippen LogP contribution in [0.2, 0.25) is 5.02 Å². The highest BCUT2D eigenvalue weighted by atomic mass is 35.5. The fourth-order valence-electron chi connectivity index (χ4n) is 2.92. The van der Waals surface area contributed by atoms with E-state index >= 15 is 0 Å². The molecule has 33 heavy (non-hydrogen) atoms. The molecule has 8 nitrogen and oxygen atoms in total. The Morgan fingerprint density at radius 1 is 0.970 bits per heavy atom. The van der Waals surface area contributed by atoms with Crippen LogP contribution in [0, 0.1) is 6.92 Å². The van der Waals surface area contributed by atoms with E-state index in [4.69, 9.17) is 16.1 Å². The molecule has 0 saturated carbocycles. The molecule has 0 aliphatic heterocycles. The average molecular weight is 483 g/mol. The van der Waals surface area contributed by atoms with E-state index in [1.165, 1.54) is 24.3 Å². The van der Waals surface area contributed by atoms with E-state index in [2.05, 4.69) is 20.2 Å². The maximum atomic E-state index is 12.5. The standard InChI is InChI=1S/C23H19ClN4O4S/c1-15-2-4-17(5-3-15)23(29)25-14-21-26-22(27-32-21)16-6-10-19(11-7-16)28-33(30,31)20-12-8-18(24)9-13-20/h2-13,28H,14H2,1H3,(H,25,29). The first-order chi connectivity index (χ1) is 15.8. The van der Waals surface area contributed by atoms with Crippen molar-refractivity contribution in [3.05, 3.63) is 94.8 Å². The van der Waals surface area contributed by atoms with Crippen LogP contribution in [0.4, 0.5) is 5.69 Å². The Morgan fingerprint density at radius 2 is 1.64 bits per heavy atom. The summed E-state index contributed by atoms with van der Waals surface area (Å²) in [5, 5.41) is 7.10. The van der Waals surface area contributed by atoms with E-state index in [1.54, 1.807) is 36.4 Å². The number of benzene rings is 3. The summed E-state index contributed by atoms with van der Waals surface area (Å²) in [6.45, 7) is 2.03. The van der Waals surface area contributed by atoms with Gasteiger partial charge in [0.15, 0.2) is 0 Å². The number of nitrogens with zero attached hydrogens (tertiary/aromatic N) is 2. The van der Waals surface area contributed by atoms with E-state index in [9.17, 15) is 13.2 Å². The minimum atomic E-state index is -3.74. The summed E-state index contributed by atoms with van der Waals surface area (Å²) in [7, 11) is -3.74. The van der Waals surface area contributed by atoms with Crippen molar-refractivity contribution in [2.45, 2.75) is 18.4 Å². The summed E-state index contributed by atoms with van der Waals surface area (Å²) >= 11 is 5.81. The van der Waals surface area contributed by atoms with Crippen molar-refractivity contribution < 1.29 is 17.7 Å². The number of aromatic nitrogens is 2. The third-order valence-corrected chi connectivity index (χ3v) is 6.35. The number of aryl methyl sites for hydroxylation is 1. The van der Waals surface area contributed by atoms with Crippen LogP contribution in [0.15, 0.2) is 82.2 Å². The number of amides is 1. The second kappa shape index (κ2) is 9.43. The molecule has 0 spiro atoms. The molecular weight excluding hydrogens is 464 g/mol. The van der Waals surface area contributed by atoms with Crippen molar-refractivity contribution in [1.29, 1.82) is 0 Å². The third kappa shape index (κ3) is 5.57. The zero-order chi connectivity index (χ0) is 23.4. The van der Waals surface area contributed by atoms with Crippen LogP contribution in [-0.4, -0.2) is 24.5 Å². The van der Waals surface area contributed by atoms with Gasteiger partial charge >= 0.3 is 0 Å². The molecule has 0 bridgehead atoms. The first-order valence-electron chi connectivity index (χ1n) is 9.86. The number of carbonyl (C=O) groups is 1. The molecule has 2 N–H and O–H groups in total. The Kier molecular flexibility index (Phi) is 6.43. The van der Waals surface area contributed by atoms with E-state index in [0.29, 0.717) is 27.7 Å². The van der Waals surface area contributed by atoms with Crippen molar-refractivity contribution in [2.75, 3.05) is 4.72 Å². The molecule has 0 aliphatic carbocycles. The molecule has 4 aromatic rings. The molecule has 1 aromatic heterocycles. The summed E-state index contributed by atoms with van der Waals surface area (Å²) < 4.78 is 32.7. The predicted molar refractivity (Wildman–Crippen MR) is 124 cm³/mol. The van der Waals surface area contributed by atoms with Gasteiger partial charge in [-0.3, -0.25) is 9.52 Å². The van der Waals surface area contributed by atoms with Gasteiger partial charge in [-0.15, -0.1) is 0 Å².